The Morgan fingerprint density at radius 2 is 1.56 bits per heavy atom. The van der Waals surface area contributed by atoms with Crippen LogP contribution in [0.3, 0.4) is 0 Å². The molecule has 3 N–H and O–H groups in total. The third kappa shape index (κ3) is 5.32. The second-order valence-electron chi connectivity index (χ2n) is 7.84. The summed E-state index contributed by atoms with van der Waals surface area (Å²) in [6, 6.07) is 20.4. The summed E-state index contributed by atoms with van der Waals surface area (Å²) >= 11 is 0. The Kier molecular flexibility index (Phi) is 6.76. The topological polar surface area (TPSA) is 88.0 Å². The summed E-state index contributed by atoms with van der Waals surface area (Å²) in [7, 11) is 0. The van der Waals surface area contributed by atoms with Gasteiger partial charge < -0.3 is 25.0 Å². The zero-order valence-electron chi connectivity index (χ0n) is 17.8. The van der Waals surface area contributed by atoms with E-state index < -0.39 is 30.4 Å². The van der Waals surface area contributed by atoms with Crippen LogP contribution in [-0.2, 0) is 4.74 Å². The van der Waals surface area contributed by atoms with Crippen molar-refractivity contribution in [3.63, 3.8) is 0 Å². The van der Waals surface area contributed by atoms with Crippen molar-refractivity contribution in [1.29, 1.82) is 0 Å². The lowest BCUT2D eigenvalue weighted by atomic mass is 9.98. The summed E-state index contributed by atoms with van der Waals surface area (Å²) in [4.78, 5) is 12.2. The van der Waals surface area contributed by atoms with Gasteiger partial charge in [-0.15, -0.1) is 13.2 Å². The average Bonchev–Trinajstić information content (AvgIpc) is 3.13. The van der Waals surface area contributed by atoms with E-state index in [1.54, 1.807) is 0 Å². The molecule has 0 spiro atoms. The number of carbonyl (C=O) groups excluding carboxylic acids is 1. The number of hydrogen-bond donors (Lipinski definition) is 3. The molecule has 1 amide bonds. The lowest BCUT2D eigenvalue weighted by molar-refractivity contribution is -0.274. The van der Waals surface area contributed by atoms with Crippen molar-refractivity contribution in [2.75, 3.05) is 13.2 Å². The maximum Gasteiger partial charge on any atom is 0.573 e. The number of aliphatic hydroxyl groups is 2. The Hall–Kier alpha value is -3.56. The van der Waals surface area contributed by atoms with E-state index in [1.165, 1.54) is 12.1 Å². The van der Waals surface area contributed by atoms with Gasteiger partial charge in [-0.05, 0) is 39.9 Å². The molecule has 0 saturated carbocycles. The predicted molar refractivity (Wildman–Crippen MR) is 117 cm³/mol. The van der Waals surface area contributed by atoms with Gasteiger partial charge in [-0.1, -0.05) is 60.7 Å². The molecule has 2 atom stereocenters. The second kappa shape index (κ2) is 9.74. The van der Waals surface area contributed by atoms with Crippen molar-refractivity contribution in [2.45, 2.75) is 24.5 Å². The second-order valence-corrected chi connectivity index (χ2v) is 7.84. The minimum atomic E-state index is -4.88. The summed E-state index contributed by atoms with van der Waals surface area (Å²) in [6.07, 6.45) is -8.71. The van der Waals surface area contributed by atoms with E-state index in [4.69, 9.17) is 4.74 Å². The van der Waals surface area contributed by atoms with Gasteiger partial charge in [-0.2, -0.15) is 0 Å². The molecular formula is C25H22F3NO5. The summed E-state index contributed by atoms with van der Waals surface area (Å²) < 4.78 is 46.4. The van der Waals surface area contributed by atoms with Crippen molar-refractivity contribution in [3.05, 3.63) is 89.5 Å². The fraction of sp³-hybridized carbons (Fsp3) is 0.240. The van der Waals surface area contributed by atoms with Crippen LogP contribution in [0.5, 0.6) is 5.75 Å². The zero-order valence-corrected chi connectivity index (χ0v) is 17.8. The lowest BCUT2D eigenvalue weighted by Gasteiger charge is -2.20. The van der Waals surface area contributed by atoms with Crippen LogP contribution in [0.1, 0.15) is 28.7 Å². The van der Waals surface area contributed by atoms with Gasteiger partial charge >= 0.3 is 12.5 Å². The first-order chi connectivity index (χ1) is 16.2. The number of aliphatic hydroxyl groups excluding tert-OH is 2. The molecule has 6 nitrogen and oxygen atoms in total. The Labute approximate surface area is 193 Å². The van der Waals surface area contributed by atoms with Crippen molar-refractivity contribution >= 4 is 6.09 Å². The molecule has 0 bridgehead atoms. The summed E-state index contributed by atoms with van der Waals surface area (Å²) in [6.45, 7) is -0.294. The van der Waals surface area contributed by atoms with E-state index in [1.807, 2.05) is 48.5 Å². The van der Waals surface area contributed by atoms with E-state index in [2.05, 4.69) is 10.1 Å². The largest absolute Gasteiger partial charge is 0.573 e. The highest BCUT2D eigenvalue weighted by Gasteiger charge is 2.32. The van der Waals surface area contributed by atoms with Gasteiger partial charge in [0.05, 0.1) is 0 Å². The van der Waals surface area contributed by atoms with Crippen molar-refractivity contribution in [3.8, 4) is 16.9 Å². The van der Waals surface area contributed by atoms with Crippen molar-refractivity contribution in [2.24, 2.45) is 0 Å². The molecule has 0 heterocycles. The lowest BCUT2D eigenvalue weighted by Crippen LogP contribution is -2.36. The number of benzene rings is 3. The molecule has 9 heteroatoms. The summed E-state index contributed by atoms with van der Waals surface area (Å²) in [5, 5.41) is 22.8. The molecule has 3 aromatic rings. The van der Waals surface area contributed by atoms with Crippen LogP contribution in [0.4, 0.5) is 18.0 Å². The number of rotatable bonds is 7. The SMILES string of the molecule is O=C(NCC(O)C(O)c1cccc(OC(F)(F)F)c1)OCC1c2ccccc2-c2ccccc21. The maximum atomic E-state index is 12.4. The quantitative estimate of drug-likeness (QED) is 0.470. The maximum absolute atomic E-state index is 12.4. The molecule has 34 heavy (non-hydrogen) atoms. The average molecular weight is 473 g/mol. The fourth-order valence-corrected chi connectivity index (χ4v) is 4.07. The molecule has 1 aliphatic rings. The Morgan fingerprint density at radius 1 is 0.941 bits per heavy atom. The van der Waals surface area contributed by atoms with Crippen LogP contribution < -0.4 is 10.1 Å². The Balaban J connectivity index is 1.32. The van der Waals surface area contributed by atoms with Gasteiger partial charge in [-0.25, -0.2) is 4.79 Å². The normalized spacial score (nSPS) is 14.6. The molecule has 0 aliphatic heterocycles. The third-order valence-electron chi connectivity index (χ3n) is 5.60. The smallest absolute Gasteiger partial charge is 0.449 e. The minimum absolute atomic E-state index is 0.00332. The van der Waals surface area contributed by atoms with Crippen LogP contribution in [0.2, 0.25) is 0 Å². The number of fused-ring (bicyclic) bond motifs is 3. The molecule has 0 aromatic heterocycles. The molecule has 2 unspecified atom stereocenters. The van der Waals surface area contributed by atoms with Crippen molar-refractivity contribution in [1.82, 2.24) is 5.32 Å². The third-order valence-corrected chi connectivity index (χ3v) is 5.60. The Morgan fingerprint density at radius 3 is 2.18 bits per heavy atom. The van der Waals surface area contributed by atoms with E-state index in [0.29, 0.717) is 0 Å². The number of alkyl halides is 3. The molecule has 3 aromatic carbocycles. The van der Waals surface area contributed by atoms with E-state index in [0.717, 1.165) is 34.4 Å². The molecule has 1 aliphatic carbocycles. The predicted octanol–water partition coefficient (Wildman–Crippen LogP) is 4.52. The van der Waals surface area contributed by atoms with Gasteiger partial charge in [0.15, 0.2) is 0 Å². The minimum Gasteiger partial charge on any atom is -0.449 e. The summed E-state index contributed by atoms with van der Waals surface area (Å²) in [5.41, 5.74) is 4.27. The Bertz CT molecular complexity index is 1120. The van der Waals surface area contributed by atoms with Crippen LogP contribution in [0.15, 0.2) is 72.8 Å². The first kappa shape index (κ1) is 23.6. The zero-order chi connectivity index (χ0) is 24.3. The van der Waals surface area contributed by atoms with Gasteiger partial charge in [0, 0.05) is 12.5 Å². The van der Waals surface area contributed by atoms with Gasteiger partial charge in [0.1, 0.15) is 24.6 Å². The van der Waals surface area contributed by atoms with E-state index >= 15 is 0 Å². The van der Waals surface area contributed by atoms with Crippen LogP contribution >= 0.6 is 0 Å². The van der Waals surface area contributed by atoms with Gasteiger partial charge in [-0.3, -0.25) is 0 Å². The van der Waals surface area contributed by atoms with Crippen LogP contribution in [0, 0.1) is 0 Å². The number of hydrogen-bond acceptors (Lipinski definition) is 5. The first-order valence-corrected chi connectivity index (χ1v) is 10.5. The fourth-order valence-electron chi connectivity index (χ4n) is 4.07. The van der Waals surface area contributed by atoms with E-state index in [-0.39, 0.29) is 24.6 Å². The monoisotopic (exact) mass is 473 g/mol. The first-order valence-electron chi connectivity index (χ1n) is 10.5. The molecule has 0 saturated heterocycles. The van der Waals surface area contributed by atoms with Crippen LogP contribution in [-0.4, -0.2) is 41.9 Å². The number of ether oxygens (including phenoxy) is 2. The van der Waals surface area contributed by atoms with Gasteiger partial charge in [0.2, 0.25) is 0 Å². The molecular weight excluding hydrogens is 451 g/mol. The number of halogens is 3. The van der Waals surface area contributed by atoms with Crippen molar-refractivity contribution < 1.29 is 37.7 Å². The van der Waals surface area contributed by atoms with E-state index in [9.17, 15) is 28.2 Å². The number of amides is 1. The molecule has 178 valence electrons. The molecule has 0 fully saturated rings. The number of nitrogens with one attached hydrogen (secondary N) is 1. The standard InChI is InChI=1S/C25H22F3NO5/c26-25(27,28)34-16-7-5-6-15(12-16)23(31)22(30)13-29-24(32)33-14-21-19-10-3-1-8-17(19)18-9-2-4-11-20(18)21/h1-12,21-23,30-31H,13-14H2,(H,29,32). The highest BCUT2D eigenvalue weighted by molar-refractivity contribution is 5.79. The molecule has 0 radical (unpaired) electrons. The molecule has 4 rings (SSSR count). The highest BCUT2D eigenvalue weighted by Crippen LogP contribution is 2.44. The number of carbonyl (C=O) groups is 1. The van der Waals surface area contributed by atoms with Crippen LogP contribution in [0.25, 0.3) is 11.1 Å². The highest BCUT2D eigenvalue weighted by atomic mass is 19.4. The summed E-state index contributed by atoms with van der Waals surface area (Å²) in [5.74, 6) is -0.661. The number of alkyl carbamates (subject to hydrolysis) is 1. The van der Waals surface area contributed by atoms with Gasteiger partial charge in [0.25, 0.3) is 0 Å².